The Morgan fingerprint density at radius 1 is 1.38 bits per heavy atom. The molecule has 1 atom stereocenters. The molecule has 0 saturated carbocycles. The number of carboxylic acid groups (broad SMARTS) is 1. The van der Waals surface area contributed by atoms with Crippen molar-refractivity contribution in [2.45, 2.75) is 18.9 Å². The van der Waals surface area contributed by atoms with Crippen LogP contribution in [0.3, 0.4) is 0 Å². The van der Waals surface area contributed by atoms with E-state index in [2.05, 4.69) is 10.3 Å². The van der Waals surface area contributed by atoms with Gasteiger partial charge < -0.3 is 16.2 Å². The lowest BCUT2D eigenvalue weighted by Gasteiger charge is -2.13. The van der Waals surface area contributed by atoms with Crippen molar-refractivity contribution in [2.75, 3.05) is 0 Å². The summed E-state index contributed by atoms with van der Waals surface area (Å²) in [5.74, 6) is -2.33. The number of thiazole rings is 1. The highest BCUT2D eigenvalue weighted by Gasteiger charge is 2.21. The number of hydrogen-bond acceptors (Lipinski definition) is 5. The molecular formula is C13H13N3O4S. The number of carbonyl (C=O) groups is 3. The SMILES string of the molecule is NC(=O)CCC(NC(=O)c1ccc2ncsc2c1)C(=O)O. The second kappa shape index (κ2) is 6.31. The van der Waals surface area contributed by atoms with Crippen LogP contribution in [0.25, 0.3) is 10.2 Å². The summed E-state index contributed by atoms with van der Waals surface area (Å²) in [6.07, 6.45) is -0.148. The number of benzene rings is 1. The fourth-order valence-electron chi connectivity index (χ4n) is 1.78. The Hall–Kier alpha value is -2.48. The molecule has 2 amide bonds. The Balaban J connectivity index is 2.10. The molecule has 4 N–H and O–H groups in total. The molecule has 0 radical (unpaired) electrons. The van der Waals surface area contributed by atoms with E-state index >= 15 is 0 Å². The predicted octanol–water partition coefficient (Wildman–Crippen LogP) is 0.745. The zero-order valence-corrected chi connectivity index (χ0v) is 11.7. The number of aromatic nitrogens is 1. The number of fused-ring (bicyclic) bond motifs is 1. The van der Waals surface area contributed by atoms with Gasteiger partial charge in [0.05, 0.1) is 15.7 Å². The van der Waals surface area contributed by atoms with E-state index in [1.807, 2.05) is 0 Å². The molecule has 7 nitrogen and oxygen atoms in total. The van der Waals surface area contributed by atoms with Gasteiger partial charge in [0.1, 0.15) is 6.04 Å². The second-order valence-corrected chi connectivity index (χ2v) is 5.29. The smallest absolute Gasteiger partial charge is 0.326 e. The van der Waals surface area contributed by atoms with Gasteiger partial charge in [-0.3, -0.25) is 9.59 Å². The standard InChI is InChI=1S/C13H13N3O4S/c14-11(17)4-3-9(13(19)20)16-12(18)7-1-2-8-10(5-7)21-6-15-8/h1-2,5-6,9H,3-4H2,(H2,14,17)(H,16,18)(H,19,20). The van der Waals surface area contributed by atoms with Crippen LogP contribution < -0.4 is 11.1 Å². The lowest BCUT2D eigenvalue weighted by molar-refractivity contribution is -0.139. The number of primary amides is 1. The van der Waals surface area contributed by atoms with Gasteiger partial charge in [0, 0.05) is 12.0 Å². The summed E-state index contributed by atoms with van der Waals surface area (Å²) in [6.45, 7) is 0. The summed E-state index contributed by atoms with van der Waals surface area (Å²) in [5.41, 5.74) is 7.77. The number of carbonyl (C=O) groups excluding carboxylic acids is 2. The zero-order valence-electron chi connectivity index (χ0n) is 10.9. The number of amides is 2. The topological polar surface area (TPSA) is 122 Å². The molecule has 0 aliphatic carbocycles. The maximum atomic E-state index is 12.1. The van der Waals surface area contributed by atoms with Crippen molar-refractivity contribution in [3.8, 4) is 0 Å². The van der Waals surface area contributed by atoms with E-state index in [0.717, 1.165) is 10.2 Å². The predicted molar refractivity (Wildman–Crippen MR) is 76.9 cm³/mol. The van der Waals surface area contributed by atoms with Crippen LogP contribution in [-0.2, 0) is 9.59 Å². The van der Waals surface area contributed by atoms with E-state index < -0.39 is 23.8 Å². The third kappa shape index (κ3) is 3.76. The van der Waals surface area contributed by atoms with Gasteiger partial charge >= 0.3 is 5.97 Å². The van der Waals surface area contributed by atoms with Crippen LogP contribution in [0.1, 0.15) is 23.2 Å². The van der Waals surface area contributed by atoms with E-state index in [-0.39, 0.29) is 12.8 Å². The molecular weight excluding hydrogens is 294 g/mol. The Morgan fingerprint density at radius 2 is 2.14 bits per heavy atom. The lowest BCUT2D eigenvalue weighted by Crippen LogP contribution is -2.41. The summed E-state index contributed by atoms with van der Waals surface area (Å²) < 4.78 is 0.840. The van der Waals surface area contributed by atoms with Gasteiger partial charge in [0.2, 0.25) is 5.91 Å². The third-order valence-corrected chi connectivity index (χ3v) is 3.67. The van der Waals surface area contributed by atoms with E-state index in [0.29, 0.717) is 5.56 Å². The van der Waals surface area contributed by atoms with Crippen LogP contribution in [0.2, 0.25) is 0 Å². The molecule has 1 heterocycles. The summed E-state index contributed by atoms with van der Waals surface area (Å²) in [5, 5.41) is 11.4. The second-order valence-electron chi connectivity index (χ2n) is 4.40. The average molecular weight is 307 g/mol. The van der Waals surface area contributed by atoms with Crippen LogP contribution in [-0.4, -0.2) is 33.9 Å². The first-order chi connectivity index (χ1) is 9.97. The molecule has 2 rings (SSSR count). The fourth-order valence-corrected chi connectivity index (χ4v) is 2.50. The molecule has 2 aromatic rings. The summed E-state index contributed by atoms with van der Waals surface area (Å²) in [7, 11) is 0. The van der Waals surface area contributed by atoms with Gasteiger partial charge in [-0.1, -0.05) is 0 Å². The molecule has 1 aromatic heterocycles. The normalized spacial score (nSPS) is 12.0. The lowest BCUT2D eigenvalue weighted by atomic mass is 10.1. The van der Waals surface area contributed by atoms with Crippen LogP contribution >= 0.6 is 11.3 Å². The quantitative estimate of drug-likeness (QED) is 0.726. The monoisotopic (exact) mass is 307 g/mol. The van der Waals surface area contributed by atoms with Crippen molar-refractivity contribution in [1.29, 1.82) is 0 Å². The van der Waals surface area contributed by atoms with Crippen molar-refractivity contribution in [3.05, 3.63) is 29.3 Å². The third-order valence-electron chi connectivity index (χ3n) is 2.88. The molecule has 21 heavy (non-hydrogen) atoms. The molecule has 0 bridgehead atoms. The minimum atomic E-state index is -1.21. The average Bonchev–Trinajstić information content (AvgIpc) is 2.89. The number of carboxylic acids is 1. The molecule has 0 fully saturated rings. The fraction of sp³-hybridized carbons (Fsp3) is 0.231. The summed E-state index contributed by atoms with van der Waals surface area (Å²) in [4.78, 5) is 37.9. The zero-order chi connectivity index (χ0) is 15.4. The molecule has 1 aromatic carbocycles. The highest BCUT2D eigenvalue weighted by atomic mass is 32.1. The van der Waals surface area contributed by atoms with Crippen LogP contribution in [0.5, 0.6) is 0 Å². The molecule has 0 aliphatic heterocycles. The summed E-state index contributed by atoms with van der Waals surface area (Å²) in [6, 6.07) is 3.77. The first kappa shape index (κ1) is 14.9. The van der Waals surface area contributed by atoms with Crippen molar-refractivity contribution in [2.24, 2.45) is 5.73 Å². The molecule has 110 valence electrons. The van der Waals surface area contributed by atoms with Crippen LogP contribution in [0.15, 0.2) is 23.7 Å². The maximum Gasteiger partial charge on any atom is 0.326 e. The van der Waals surface area contributed by atoms with Crippen molar-refractivity contribution < 1.29 is 19.5 Å². The first-order valence-electron chi connectivity index (χ1n) is 6.12. The van der Waals surface area contributed by atoms with Gasteiger partial charge in [-0.2, -0.15) is 0 Å². The highest BCUT2D eigenvalue weighted by Crippen LogP contribution is 2.19. The van der Waals surface area contributed by atoms with Crippen molar-refractivity contribution in [3.63, 3.8) is 0 Å². The largest absolute Gasteiger partial charge is 0.480 e. The van der Waals surface area contributed by atoms with Gasteiger partial charge in [-0.05, 0) is 24.6 Å². The first-order valence-corrected chi connectivity index (χ1v) is 7.00. The van der Waals surface area contributed by atoms with Crippen LogP contribution in [0.4, 0.5) is 0 Å². The van der Waals surface area contributed by atoms with Crippen LogP contribution in [0, 0.1) is 0 Å². The highest BCUT2D eigenvalue weighted by molar-refractivity contribution is 7.16. The van der Waals surface area contributed by atoms with E-state index in [4.69, 9.17) is 10.8 Å². The Labute approximate surface area is 123 Å². The Kier molecular flexibility index (Phi) is 4.49. The van der Waals surface area contributed by atoms with Gasteiger partial charge in [0.25, 0.3) is 5.91 Å². The maximum absolute atomic E-state index is 12.1. The molecule has 0 saturated heterocycles. The number of nitrogens with one attached hydrogen (secondary N) is 1. The van der Waals surface area contributed by atoms with E-state index in [1.54, 1.807) is 23.7 Å². The molecule has 0 aliphatic rings. The Morgan fingerprint density at radius 3 is 2.81 bits per heavy atom. The number of nitrogens with zero attached hydrogens (tertiary/aromatic N) is 1. The van der Waals surface area contributed by atoms with Gasteiger partial charge in [-0.25, -0.2) is 9.78 Å². The van der Waals surface area contributed by atoms with E-state index in [1.165, 1.54) is 11.3 Å². The summed E-state index contributed by atoms with van der Waals surface area (Å²) >= 11 is 1.39. The van der Waals surface area contributed by atoms with Gasteiger partial charge in [0.15, 0.2) is 0 Å². The molecule has 0 spiro atoms. The molecule has 8 heteroatoms. The molecule has 1 unspecified atom stereocenters. The minimum Gasteiger partial charge on any atom is -0.480 e. The van der Waals surface area contributed by atoms with Crippen molar-refractivity contribution >= 4 is 39.3 Å². The van der Waals surface area contributed by atoms with E-state index in [9.17, 15) is 14.4 Å². The number of rotatable bonds is 6. The van der Waals surface area contributed by atoms with Gasteiger partial charge in [-0.15, -0.1) is 11.3 Å². The number of hydrogen-bond donors (Lipinski definition) is 3. The van der Waals surface area contributed by atoms with Crippen molar-refractivity contribution in [1.82, 2.24) is 10.3 Å². The Bertz CT molecular complexity index is 698. The number of aliphatic carboxylic acids is 1. The number of nitrogens with two attached hydrogens (primary N) is 1. The minimum absolute atomic E-state index is 0.0425.